The lowest BCUT2D eigenvalue weighted by molar-refractivity contribution is -0.117. The zero-order valence-corrected chi connectivity index (χ0v) is 11.5. The number of nitrogens with zero attached hydrogens (tertiary/aromatic N) is 2. The molecule has 0 aliphatic heterocycles. The molecule has 4 N–H and O–H groups in total. The first-order valence-electron chi connectivity index (χ1n) is 6.30. The third-order valence-corrected chi connectivity index (χ3v) is 3.00. The standard InChI is InChI=1S/C14H18N4O2/c1-9-13(8-18(2)17-9)16-14(20)12(15)7-10-3-5-11(19)6-4-10/h3-6,8,12,19H,7,15H2,1-2H3,(H,16,20). The van der Waals surface area contributed by atoms with Gasteiger partial charge in [0.2, 0.25) is 5.91 Å². The average Bonchev–Trinajstić information content (AvgIpc) is 2.70. The van der Waals surface area contributed by atoms with Gasteiger partial charge in [-0.2, -0.15) is 5.10 Å². The van der Waals surface area contributed by atoms with Crippen molar-refractivity contribution in [1.82, 2.24) is 9.78 Å². The molecule has 106 valence electrons. The van der Waals surface area contributed by atoms with E-state index in [-0.39, 0.29) is 11.7 Å². The summed E-state index contributed by atoms with van der Waals surface area (Å²) in [4.78, 5) is 12.0. The Hall–Kier alpha value is -2.34. The van der Waals surface area contributed by atoms with Gasteiger partial charge in [-0.15, -0.1) is 0 Å². The molecule has 0 bridgehead atoms. The van der Waals surface area contributed by atoms with Gasteiger partial charge in [0.15, 0.2) is 0 Å². The van der Waals surface area contributed by atoms with Crippen molar-refractivity contribution in [3.63, 3.8) is 0 Å². The number of amides is 1. The largest absolute Gasteiger partial charge is 0.508 e. The van der Waals surface area contributed by atoms with Crippen LogP contribution in [0, 0.1) is 6.92 Å². The highest BCUT2D eigenvalue weighted by Gasteiger charge is 2.16. The highest BCUT2D eigenvalue weighted by molar-refractivity contribution is 5.95. The molecule has 0 saturated heterocycles. The number of aromatic nitrogens is 2. The van der Waals surface area contributed by atoms with Gasteiger partial charge in [0.25, 0.3) is 0 Å². The molecule has 1 heterocycles. The summed E-state index contributed by atoms with van der Waals surface area (Å²) in [5.41, 5.74) is 8.20. The Kier molecular flexibility index (Phi) is 4.05. The molecular weight excluding hydrogens is 256 g/mol. The van der Waals surface area contributed by atoms with E-state index in [9.17, 15) is 9.90 Å². The maximum absolute atomic E-state index is 12.0. The molecule has 0 fully saturated rings. The number of rotatable bonds is 4. The Balaban J connectivity index is 1.98. The molecule has 1 aromatic heterocycles. The maximum Gasteiger partial charge on any atom is 0.241 e. The summed E-state index contributed by atoms with van der Waals surface area (Å²) in [6.45, 7) is 1.82. The summed E-state index contributed by atoms with van der Waals surface area (Å²) < 4.78 is 1.64. The highest BCUT2D eigenvalue weighted by atomic mass is 16.3. The van der Waals surface area contributed by atoms with Crippen LogP contribution in [0.1, 0.15) is 11.3 Å². The van der Waals surface area contributed by atoms with Crippen molar-refractivity contribution in [2.24, 2.45) is 12.8 Å². The van der Waals surface area contributed by atoms with E-state index in [2.05, 4.69) is 10.4 Å². The normalized spacial score (nSPS) is 12.2. The maximum atomic E-state index is 12.0. The number of anilines is 1. The topological polar surface area (TPSA) is 93.2 Å². The third kappa shape index (κ3) is 3.36. The molecule has 0 radical (unpaired) electrons. The molecule has 0 aliphatic carbocycles. The van der Waals surface area contributed by atoms with Gasteiger partial charge < -0.3 is 16.2 Å². The Bertz CT molecular complexity index is 604. The number of nitrogens with two attached hydrogens (primary N) is 1. The lowest BCUT2D eigenvalue weighted by atomic mass is 10.1. The van der Waals surface area contributed by atoms with E-state index in [0.29, 0.717) is 12.1 Å². The fraction of sp³-hybridized carbons (Fsp3) is 0.286. The second-order valence-electron chi connectivity index (χ2n) is 4.77. The van der Waals surface area contributed by atoms with Crippen molar-refractivity contribution >= 4 is 11.6 Å². The first-order chi connectivity index (χ1) is 9.45. The van der Waals surface area contributed by atoms with E-state index < -0.39 is 6.04 Å². The minimum absolute atomic E-state index is 0.192. The number of hydrogen-bond acceptors (Lipinski definition) is 4. The number of phenolic OH excluding ortho intramolecular Hbond substituents is 1. The van der Waals surface area contributed by atoms with Crippen LogP contribution < -0.4 is 11.1 Å². The molecule has 0 aliphatic rings. The molecule has 1 amide bonds. The number of carbonyl (C=O) groups excluding carboxylic acids is 1. The van der Waals surface area contributed by atoms with Gasteiger partial charge in [0, 0.05) is 13.2 Å². The lowest BCUT2D eigenvalue weighted by Gasteiger charge is -2.11. The molecule has 0 saturated carbocycles. The summed E-state index contributed by atoms with van der Waals surface area (Å²) in [5.74, 6) is -0.0630. The molecule has 20 heavy (non-hydrogen) atoms. The second-order valence-corrected chi connectivity index (χ2v) is 4.77. The molecule has 2 aromatic rings. The van der Waals surface area contributed by atoms with Crippen LogP contribution in [0.15, 0.2) is 30.5 Å². The average molecular weight is 274 g/mol. The van der Waals surface area contributed by atoms with Gasteiger partial charge in [0.1, 0.15) is 5.75 Å². The molecule has 1 unspecified atom stereocenters. The van der Waals surface area contributed by atoms with Crippen molar-refractivity contribution in [3.8, 4) is 5.75 Å². The molecule has 6 nitrogen and oxygen atoms in total. The Morgan fingerprint density at radius 3 is 2.65 bits per heavy atom. The molecular formula is C14H18N4O2. The summed E-state index contributed by atoms with van der Waals surface area (Å²) in [5, 5.41) is 16.1. The van der Waals surface area contributed by atoms with Gasteiger partial charge in [-0.1, -0.05) is 12.1 Å². The zero-order valence-electron chi connectivity index (χ0n) is 11.5. The minimum atomic E-state index is -0.654. The van der Waals surface area contributed by atoms with Crippen LogP contribution >= 0.6 is 0 Å². The quantitative estimate of drug-likeness (QED) is 0.773. The van der Waals surface area contributed by atoms with Crippen LogP contribution in [0.4, 0.5) is 5.69 Å². The van der Waals surface area contributed by atoms with Gasteiger partial charge in [-0.05, 0) is 31.0 Å². The number of carbonyl (C=O) groups is 1. The molecule has 6 heteroatoms. The van der Waals surface area contributed by atoms with Crippen LogP contribution in [0.5, 0.6) is 5.75 Å². The fourth-order valence-corrected chi connectivity index (χ4v) is 1.93. The summed E-state index contributed by atoms with van der Waals surface area (Å²) in [7, 11) is 1.79. The van der Waals surface area contributed by atoms with Gasteiger partial charge >= 0.3 is 0 Å². The van der Waals surface area contributed by atoms with Crippen LogP contribution in [-0.2, 0) is 18.3 Å². The van der Waals surface area contributed by atoms with Crippen molar-refractivity contribution in [2.45, 2.75) is 19.4 Å². The van der Waals surface area contributed by atoms with Gasteiger partial charge in [0.05, 0.1) is 17.4 Å². The first-order valence-corrected chi connectivity index (χ1v) is 6.30. The molecule has 2 rings (SSSR count). The van der Waals surface area contributed by atoms with Crippen molar-refractivity contribution in [2.75, 3.05) is 5.32 Å². The predicted octanol–water partition coefficient (Wildman–Crippen LogP) is 0.943. The Morgan fingerprint density at radius 2 is 2.10 bits per heavy atom. The van der Waals surface area contributed by atoms with E-state index in [0.717, 1.165) is 11.3 Å². The summed E-state index contributed by atoms with van der Waals surface area (Å²) in [6, 6.07) is 5.99. The van der Waals surface area contributed by atoms with E-state index in [1.165, 1.54) is 0 Å². The van der Waals surface area contributed by atoms with Crippen LogP contribution in [-0.4, -0.2) is 26.8 Å². The van der Waals surface area contributed by atoms with E-state index in [1.807, 2.05) is 6.92 Å². The smallest absolute Gasteiger partial charge is 0.241 e. The lowest BCUT2D eigenvalue weighted by Crippen LogP contribution is -2.37. The SMILES string of the molecule is Cc1nn(C)cc1NC(=O)C(N)Cc1ccc(O)cc1. The second kappa shape index (κ2) is 5.75. The van der Waals surface area contributed by atoms with Crippen LogP contribution in [0.3, 0.4) is 0 Å². The fourth-order valence-electron chi connectivity index (χ4n) is 1.93. The number of hydrogen-bond donors (Lipinski definition) is 3. The van der Waals surface area contributed by atoms with Crippen LogP contribution in [0.2, 0.25) is 0 Å². The van der Waals surface area contributed by atoms with Gasteiger partial charge in [-0.3, -0.25) is 9.48 Å². The number of benzene rings is 1. The Labute approximate surface area is 117 Å². The van der Waals surface area contributed by atoms with E-state index in [1.54, 1.807) is 42.2 Å². The minimum Gasteiger partial charge on any atom is -0.508 e. The number of aryl methyl sites for hydroxylation is 2. The van der Waals surface area contributed by atoms with Crippen molar-refractivity contribution < 1.29 is 9.90 Å². The Morgan fingerprint density at radius 1 is 1.45 bits per heavy atom. The number of phenols is 1. The van der Waals surface area contributed by atoms with Crippen molar-refractivity contribution in [3.05, 3.63) is 41.7 Å². The number of aromatic hydroxyl groups is 1. The zero-order chi connectivity index (χ0) is 14.7. The summed E-state index contributed by atoms with van der Waals surface area (Å²) in [6.07, 6.45) is 2.14. The monoisotopic (exact) mass is 274 g/mol. The van der Waals surface area contributed by atoms with Gasteiger partial charge in [-0.25, -0.2) is 0 Å². The highest BCUT2D eigenvalue weighted by Crippen LogP contribution is 2.13. The van der Waals surface area contributed by atoms with E-state index >= 15 is 0 Å². The third-order valence-electron chi connectivity index (χ3n) is 3.00. The molecule has 0 spiro atoms. The van der Waals surface area contributed by atoms with Crippen molar-refractivity contribution in [1.29, 1.82) is 0 Å². The molecule has 1 aromatic carbocycles. The molecule has 1 atom stereocenters. The summed E-state index contributed by atoms with van der Waals surface area (Å²) >= 11 is 0. The van der Waals surface area contributed by atoms with E-state index in [4.69, 9.17) is 5.73 Å². The number of nitrogens with one attached hydrogen (secondary N) is 1. The first kappa shape index (κ1) is 14.1. The predicted molar refractivity (Wildman–Crippen MR) is 76.4 cm³/mol. The van der Waals surface area contributed by atoms with Crippen LogP contribution in [0.25, 0.3) is 0 Å².